The lowest BCUT2D eigenvalue weighted by Gasteiger charge is -2.03. The van der Waals surface area contributed by atoms with Gasteiger partial charge in [-0.15, -0.1) is 0 Å². The Hall–Kier alpha value is -3.00. The summed E-state index contributed by atoms with van der Waals surface area (Å²) >= 11 is 0. The molecule has 0 saturated heterocycles. The van der Waals surface area contributed by atoms with Crippen molar-refractivity contribution in [3.05, 3.63) is 78.4 Å². The average Bonchev–Trinajstić information content (AvgIpc) is 2.88. The molecule has 3 aromatic carbocycles. The molecule has 0 aliphatic carbocycles. The molecular weight excluding hydrogens is 270 g/mol. The van der Waals surface area contributed by atoms with Crippen molar-refractivity contribution in [2.75, 3.05) is 0 Å². The molecule has 4 aromatic rings. The van der Waals surface area contributed by atoms with E-state index in [-0.39, 0.29) is 5.88 Å². The molecule has 106 valence electrons. The van der Waals surface area contributed by atoms with Gasteiger partial charge in [-0.2, -0.15) is 0 Å². The number of fused-ring (bicyclic) bond motifs is 2. The van der Waals surface area contributed by atoms with Crippen LogP contribution in [0.25, 0.3) is 34.0 Å². The predicted octanol–water partition coefficient (Wildman–Crippen LogP) is 5.13. The Morgan fingerprint density at radius 2 is 1.50 bits per heavy atom. The van der Waals surface area contributed by atoms with Crippen molar-refractivity contribution in [3.63, 3.8) is 0 Å². The molecule has 4 rings (SSSR count). The molecule has 0 saturated carbocycles. The van der Waals surface area contributed by atoms with E-state index in [1.165, 1.54) is 10.8 Å². The highest BCUT2D eigenvalue weighted by molar-refractivity contribution is 5.93. The maximum Gasteiger partial charge on any atom is 0.196 e. The van der Waals surface area contributed by atoms with E-state index in [4.69, 9.17) is 0 Å². The maximum absolute atomic E-state index is 10.1. The Morgan fingerprint density at radius 1 is 0.773 bits per heavy atom. The van der Waals surface area contributed by atoms with Crippen molar-refractivity contribution in [1.82, 2.24) is 4.57 Å². The molecule has 0 aliphatic rings. The summed E-state index contributed by atoms with van der Waals surface area (Å²) in [6.45, 7) is 0. The van der Waals surface area contributed by atoms with Crippen LogP contribution in [-0.4, -0.2) is 9.67 Å². The van der Waals surface area contributed by atoms with E-state index in [1.807, 2.05) is 48.7 Å². The number of nitrogens with zero attached hydrogens (tertiary/aromatic N) is 1. The molecule has 0 amide bonds. The van der Waals surface area contributed by atoms with Crippen molar-refractivity contribution < 1.29 is 5.11 Å². The second-order valence-electron chi connectivity index (χ2n) is 5.32. The number of benzene rings is 3. The second kappa shape index (κ2) is 5.08. The maximum atomic E-state index is 10.1. The van der Waals surface area contributed by atoms with Gasteiger partial charge in [0.25, 0.3) is 0 Å². The number of hydrogen-bond acceptors (Lipinski definition) is 1. The monoisotopic (exact) mass is 285 g/mol. The summed E-state index contributed by atoms with van der Waals surface area (Å²) < 4.78 is 1.80. The van der Waals surface area contributed by atoms with Crippen molar-refractivity contribution in [3.8, 4) is 5.88 Å². The first-order valence-electron chi connectivity index (χ1n) is 7.28. The minimum Gasteiger partial charge on any atom is -0.494 e. The van der Waals surface area contributed by atoms with Crippen LogP contribution in [0.5, 0.6) is 5.88 Å². The van der Waals surface area contributed by atoms with Gasteiger partial charge in [0.05, 0.1) is 5.52 Å². The highest BCUT2D eigenvalue weighted by Gasteiger charge is 2.04. The van der Waals surface area contributed by atoms with E-state index >= 15 is 0 Å². The zero-order chi connectivity index (χ0) is 14.9. The number of rotatable bonds is 2. The van der Waals surface area contributed by atoms with Gasteiger partial charge in [-0.05, 0) is 28.5 Å². The summed E-state index contributed by atoms with van der Waals surface area (Å²) in [5, 5.41) is 13.6. The molecule has 2 heteroatoms. The molecule has 1 heterocycles. The molecule has 22 heavy (non-hydrogen) atoms. The summed E-state index contributed by atoms with van der Waals surface area (Å²) in [6.07, 6.45) is 3.95. The van der Waals surface area contributed by atoms with Crippen LogP contribution in [-0.2, 0) is 0 Å². The van der Waals surface area contributed by atoms with Gasteiger partial charge in [-0.25, -0.2) is 0 Å². The smallest absolute Gasteiger partial charge is 0.196 e. The lowest BCUT2D eigenvalue weighted by Crippen LogP contribution is -1.85. The first-order valence-corrected chi connectivity index (χ1v) is 7.28. The Balaban J connectivity index is 1.84. The van der Waals surface area contributed by atoms with Crippen LogP contribution in [0.1, 0.15) is 5.56 Å². The van der Waals surface area contributed by atoms with E-state index < -0.39 is 0 Å². The number of aromatic hydroxyl groups is 1. The number of hydrogen-bond donors (Lipinski definition) is 1. The van der Waals surface area contributed by atoms with E-state index in [0.717, 1.165) is 16.5 Å². The lowest BCUT2D eigenvalue weighted by molar-refractivity contribution is 0.448. The Bertz CT molecular complexity index is 990. The molecule has 2 nitrogen and oxygen atoms in total. The summed E-state index contributed by atoms with van der Waals surface area (Å²) in [4.78, 5) is 0. The van der Waals surface area contributed by atoms with Crippen LogP contribution in [0, 0.1) is 0 Å². The van der Waals surface area contributed by atoms with Gasteiger partial charge in [-0.3, -0.25) is 4.57 Å². The largest absolute Gasteiger partial charge is 0.494 e. The van der Waals surface area contributed by atoms with E-state index in [1.54, 1.807) is 10.6 Å². The number of aromatic nitrogens is 1. The van der Waals surface area contributed by atoms with Gasteiger partial charge in [0.1, 0.15) is 0 Å². The third kappa shape index (κ3) is 2.06. The van der Waals surface area contributed by atoms with Crippen molar-refractivity contribution in [2.24, 2.45) is 0 Å². The Morgan fingerprint density at radius 3 is 2.41 bits per heavy atom. The van der Waals surface area contributed by atoms with Gasteiger partial charge < -0.3 is 5.11 Å². The minimum atomic E-state index is 0.248. The number of para-hydroxylation sites is 1. The highest BCUT2D eigenvalue weighted by atomic mass is 16.3. The Labute approximate surface area is 128 Å². The third-order valence-electron chi connectivity index (χ3n) is 3.95. The van der Waals surface area contributed by atoms with E-state index in [0.29, 0.717) is 0 Å². The first-order chi connectivity index (χ1) is 10.8. The van der Waals surface area contributed by atoms with Gasteiger partial charge in [0, 0.05) is 17.7 Å². The van der Waals surface area contributed by atoms with Crippen LogP contribution in [0.15, 0.2) is 72.8 Å². The summed E-state index contributed by atoms with van der Waals surface area (Å²) in [6, 6.07) is 24.3. The molecule has 0 bridgehead atoms. The minimum absolute atomic E-state index is 0.248. The fraction of sp³-hybridized carbons (Fsp3) is 0. The summed E-state index contributed by atoms with van der Waals surface area (Å²) in [5.74, 6) is 0.248. The molecular formula is C20H15NO. The van der Waals surface area contributed by atoms with Gasteiger partial charge in [-0.1, -0.05) is 60.7 Å². The lowest BCUT2D eigenvalue weighted by atomic mass is 10.0. The molecule has 0 spiro atoms. The zero-order valence-electron chi connectivity index (χ0n) is 12.0. The SMILES string of the molecule is Oc1cc2ccccc2n1C=Cc1cccc2ccccc12. The fourth-order valence-corrected chi connectivity index (χ4v) is 2.87. The van der Waals surface area contributed by atoms with Crippen LogP contribution in [0.2, 0.25) is 0 Å². The Kier molecular flexibility index (Phi) is 2.94. The fourth-order valence-electron chi connectivity index (χ4n) is 2.87. The highest BCUT2D eigenvalue weighted by Crippen LogP contribution is 2.26. The third-order valence-corrected chi connectivity index (χ3v) is 3.95. The van der Waals surface area contributed by atoms with E-state index in [2.05, 4.69) is 30.3 Å². The quantitative estimate of drug-likeness (QED) is 0.543. The van der Waals surface area contributed by atoms with E-state index in [9.17, 15) is 5.11 Å². The second-order valence-corrected chi connectivity index (χ2v) is 5.32. The van der Waals surface area contributed by atoms with Crippen molar-refractivity contribution in [2.45, 2.75) is 0 Å². The molecule has 0 aliphatic heterocycles. The van der Waals surface area contributed by atoms with Crippen molar-refractivity contribution in [1.29, 1.82) is 0 Å². The zero-order valence-corrected chi connectivity index (χ0v) is 12.0. The molecule has 1 aromatic heterocycles. The van der Waals surface area contributed by atoms with Gasteiger partial charge in [0.15, 0.2) is 5.88 Å². The molecule has 0 atom stereocenters. The van der Waals surface area contributed by atoms with Crippen LogP contribution < -0.4 is 0 Å². The normalized spacial score (nSPS) is 11.6. The van der Waals surface area contributed by atoms with Crippen LogP contribution in [0.3, 0.4) is 0 Å². The van der Waals surface area contributed by atoms with Gasteiger partial charge >= 0.3 is 0 Å². The predicted molar refractivity (Wildman–Crippen MR) is 92.8 cm³/mol. The summed E-state index contributed by atoms with van der Waals surface area (Å²) in [5.41, 5.74) is 2.13. The molecule has 0 unspecified atom stereocenters. The van der Waals surface area contributed by atoms with Crippen LogP contribution in [0.4, 0.5) is 0 Å². The van der Waals surface area contributed by atoms with Gasteiger partial charge in [0.2, 0.25) is 0 Å². The average molecular weight is 285 g/mol. The van der Waals surface area contributed by atoms with Crippen LogP contribution >= 0.6 is 0 Å². The first kappa shape index (κ1) is 12.7. The molecule has 0 fully saturated rings. The molecule has 0 radical (unpaired) electrons. The summed E-state index contributed by atoms with van der Waals surface area (Å²) in [7, 11) is 0. The van der Waals surface area contributed by atoms with Crippen molar-refractivity contribution >= 4 is 34.0 Å². The topological polar surface area (TPSA) is 25.2 Å². The molecule has 1 N–H and O–H groups in total. The standard InChI is InChI=1S/C20H15NO/c22-20-14-17-7-2-4-11-19(17)21(20)13-12-16-9-5-8-15-6-1-3-10-18(15)16/h1-14,22H.